The van der Waals surface area contributed by atoms with Gasteiger partial charge in [0, 0.05) is 10.6 Å². The van der Waals surface area contributed by atoms with Crippen molar-refractivity contribution in [2.45, 2.75) is 6.54 Å². The minimum Gasteiger partial charge on any atom is -0.484 e. The Bertz CT molecular complexity index is 958. The van der Waals surface area contributed by atoms with Crippen LogP contribution in [0.5, 0.6) is 17.2 Å². The number of rotatable bonds is 6. The van der Waals surface area contributed by atoms with E-state index in [0.717, 1.165) is 5.56 Å². The Balaban J connectivity index is 1.30. The van der Waals surface area contributed by atoms with Crippen LogP contribution in [0.2, 0.25) is 5.02 Å². The molecule has 1 aliphatic rings. The van der Waals surface area contributed by atoms with Gasteiger partial charge in [0.2, 0.25) is 18.5 Å². The molecule has 0 bridgehead atoms. The van der Waals surface area contributed by atoms with Crippen molar-refractivity contribution < 1.29 is 23.5 Å². The summed E-state index contributed by atoms with van der Waals surface area (Å²) in [6, 6.07) is 12.1. The van der Waals surface area contributed by atoms with E-state index >= 15 is 0 Å². The molecule has 0 unspecified atom stereocenters. The number of fused-ring (bicyclic) bond motifs is 1. The normalized spacial score (nSPS) is 12.0. The number of halogens is 1. The smallest absolute Gasteiger partial charge is 0.258 e. The van der Waals surface area contributed by atoms with E-state index in [2.05, 4.69) is 15.5 Å². The molecule has 0 saturated heterocycles. The SMILES string of the molecule is O=C(COc1ccc(Cl)cc1)NCc1nc(-c2ccc3c(c2)OCO3)no1. The standard InChI is InChI=1S/C18H14ClN3O5/c19-12-2-4-13(5-3-12)24-9-16(23)20-8-17-21-18(22-27-17)11-1-6-14-15(7-11)26-10-25-14/h1-7H,8-10H2,(H,20,23). The van der Waals surface area contributed by atoms with Gasteiger partial charge in [-0.05, 0) is 42.5 Å². The van der Waals surface area contributed by atoms with E-state index in [1.807, 2.05) is 0 Å². The lowest BCUT2D eigenvalue weighted by Crippen LogP contribution is -2.28. The fourth-order valence-corrected chi connectivity index (χ4v) is 2.51. The summed E-state index contributed by atoms with van der Waals surface area (Å²) in [5, 5.41) is 7.17. The summed E-state index contributed by atoms with van der Waals surface area (Å²) >= 11 is 5.79. The maximum atomic E-state index is 11.9. The number of carbonyl (C=O) groups excluding carboxylic acids is 1. The molecule has 0 spiro atoms. The van der Waals surface area contributed by atoms with Crippen LogP contribution >= 0.6 is 11.6 Å². The van der Waals surface area contributed by atoms with Crippen LogP contribution < -0.4 is 19.5 Å². The first-order chi connectivity index (χ1) is 13.2. The third-order valence-corrected chi connectivity index (χ3v) is 3.97. The number of carbonyl (C=O) groups is 1. The fourth-order valence-electron chi connectivity index (χ4n) is 2.38. The molecule has 0 aliphatic carbocycles. The topological polar surface area (TPSA) is 95.7 Å². The average Bonchev–Trinajstić information content (AvgIpc) is 3.34. The number of amides is 1. The predicted molar refractivity (Wildman–Crippen MR) is 94.7 cm³/mol. The second-order valence-electron chi connectivity index (χ2n) is 5.60. The third kappa shape index (κ3) is 4.12. The van der Waals surface area contributed by atoms with Crippen molar-refractivity contribution in [2.24, 2.45) is 0 Å². The summed E-state index contributed by atoms with van der Waals surface area (Å²) in [4.78, 5) is 16.1. The summed E-state index contributed by atoms with van der Waals surface area (Å²) in [6.45, 7) is 0.158. The van der Waals surface area contributed by atoms with Crippen molar-refractivity contribution in [3.8, 4) is 28.6 Å². The van der Waals surface area contributed by atoms with E-state index < -0.39 is 0 Å². The molecule has 1 aromatic heterocycles. The second-order valence-corrected chi connectivity index (χ2v) is 6.04. The highest BCUT2D eigenvalue weighted by Gasteiger charge is 2.16. The van der Waals surface area contributed by atoms with Crippen LogP contribution in [0.4, 0.5) is 0 Å². The molecule has 27 heavy (non-hydrogen) atoms. The van der Waals surface area contributed by atoms with Gasteiger partial charge in [0.15, 0.2) is 18.1 Å². The Morgan fingerprint density at radius 2 is 1.96 bits per heavy atom. The van der Waals surface area contributed by atoms with Crippen molar-refractivity contribution in [1.82, 2.24) is 15.5 Å². The van der Waals surface area contributed by atoms with Crippen LogP contribution in [-0.4, -0.2) is 29.4 Å². The van der Waals surface area contributed by atoms with Gasteiger partial charge in [-0.1, -0.05) is 16.8 Å². The van der Waals surface area contributed by atoms with Gasteiger partial charge < -0.3 is 24.1 Å². The Kier molecular flexibility index (Phi) is 4.80. The maximum Gasteiger partial charge on any atom is 0.258 e. The predicted octanol–water partition coefficient (Wildman–Crippen LogP) is 2.81. The molecule has 0 atom stereocenters. The minimum atomic E-state index is -0.312. The number of ether oxygens (including phenoxy) is 3. The molecular formula is C18H14ClN3O5. The average molecular weight is 388 g/mol. The van der Waals surface area contributed by atoms with Crippen molar-refractivity contribution in [3.63, 3.8) is 0 Å². The van der Waals surface area contributed by atoms with Gasteiger partial charge in [-0.2, -0.15) is 4.98 Å². The molecule has 8 nitrogen and oxygen atoms in total. The van der Waals surface area contributed by atoms with Crippen LogP contribution in [0.1, 0.15) is 5.89 Å². The Hall–Kier alpha value is -3.26. The van der Waals surface area contributed by atoms with Gasteiger partial charge in [0.25, 0.3) is 5.91 Å². The first kappa shape index (κ1) is 17.2. The summed E-state index contributed by atoms with van der Waals surface area (Å²) in [7, 11) is 0. The minimum absolute atomic E-state index is 0.0976. The molecule has 3 aromatic rings. The molecule has 2 aromatic carbocycles. The fraction of sp³-hybridized carbons (Fsp3) is 0.167. The number of nitrogens with zero attached hydrogens (tertiary/aromatic N) is 2. The first-order valence-corrected chi connectivity index (χ1v) is 8.43. The number of benzene rings is 2. The monoisotopic (exact) mass is 387 g/mol. The highest BCUT2D eigenvalue weighted by molar-refractivity contribution is 6.30. The first-order valence-electron chi connectivity index (χ1n) is 8.05. The maximum absolute atomic E-state index is 11.9. The van der Waals surface area contributed by atoms with E-state index in [0.29, 0.717) is 28.1 Å². The highest BCUT2D eigenvalue weighted by atomic mass is 35.5. The van der Waals surface area contributed by atoms with E-state index in [9.17, 15) is 4.79 Å². The van der Waals surface area contributed by atoms with Gasteiger partial charge in [-0.3, -0.25) is 4.79 Å². The lowest BCUT2D eigenvalue weighted by atomic mass is 10.2. The van der Waals surface area contributed by atoms with Crippen LogP contribution in [-0.2, 0) is 11.3 Å². The van der Waals surface area contributed by atoms with Gasteiger partial charge in [-0.15, -0.1) is 0 Å². The quantitative estimate of drug-likeness (QED) is 0.694. The summed E-state index contributed by atoms with van der Waals surface area (Å²) in [6.07, 6.45) is 0. The molecule has 4 rings (SSSR count). The Morgan fingerprint density at radius 3 is 2.81 bits per heavy atom. The van der Waals surface area contributed by atoms with E-state index in [4.69, 9.17) is 30.3 Å². The van der Waals surface area contributed by atoms with Crippen LogP contribution in [0, 0.1) is 0 Å². The van der Waals surface area contributed by atoms with Crippen molar-refractivity contribution >= 4 is 17.5 Å². The Labute approximate surface area is 159 Å². The molecule has 1 N–H and O–H groups in total. The van der Waals surface area contributed by atoms with Crippen molar-refractivity contribution in [2.75, 3.05) is 13.4 Å². The summed E-state index contributed by atoms with van der Waals surface area (Å²) in [5.74, 6) is 2.23. The molecule has 0 radical (unpaired) electrons. The zero-order valence-electron chi connectivity index (χ0n) is 14.0. The molecule has 2 heterocycles. The molecule has 138 valence electrons. The zero-order chi connectivity index (χ0) is 18.6. The van der Waals surface area contributed by atoms with E-state index in [1.54, 1.807) is 42.5 Å². The number of hydrogen-bond donors (Lipinski definition) is 1. The van der Waals surface area contributed by atoms with Crippen molar-refractivity contribution in [3.05, 3.63) is 53.4 Å². The molecular weight excluding hydrogens is 374 g/mol. The number of hydrogen-bond acceptors (Lipinski definition) is 7. The summed E-state index contributed by atoms with van der Waals surface area (Å²) in [5.41, 5.74) is 0.728. The van der Waals surface area contributed by atoms with Gasteiger partial charge >= 0.3 is 0 Å². The van der Waals surface area contributed by atoms with Crippen LogP contribution in [0.15, 0.2) is 47.0 Å². The largest absolute Gasteiger partial charge is 0.484 e. The molecule has 0 saturated carbocycles. The number of aromatic nitrogens is 2. The lowest BCUT2D eigenvalue weighted by molar-refractivity contribution is -0.123. The molecule has 1 aliphatic heterocycles. The molecule has 0 fully saturated rings. The highest BCUT2D eigenvalue weighted by Crippen LogP contribution is 2.35. The van der Waals surface area contributed by atoms with Crippen LogP contribution in [0.3, 0.4) is 0 Å². The van der Waals surface area contributed by atoms with Crippen LogP contribution in [0.25, 0.3) is 11.4 Å². The van der Waals surface area contributed by atoms with E-state index in [-0.39, 0.29) is 31.7 Å². The molecule has 9 heteroatoms. The van der Waals surface area contributed by atoms with Gasteiger partial charge in [0.05, 0.1) is 6.54 Å². The number of nitrogens with one attached hydrogen (secondary N) is 1. The lowest BCUT2D eigenvalue weighted by Gasteiger charge is -2.05. The summed E-state index contributed by atoms with van der Waals surface area (Å²) < 4.78 is 21.1. The van der Waals surface area contributed by atoms with Crippen molar-refractivity contribution in [1.29, 1.82) is 0 Å². The second kappa shape index (κ2) is 7.55. The van der Waals surface area contributed by atoms with E-state index in [1.165, 1.54) is 0 Å². The third-order valence-electron chi connectivity index (χ3n) is 3.72. The van der Waals surface area contributed by atoms with Gasteiger partial charge in [0.1, 0.15) is 5.75 Å². The molecule has 1 amide bonds. The zero-order valence-corrected chi connectivity index (χ0v) is 14.7. The van der Waals surface area contributed by atoms with Gasteiger partial charge in [-0.25, -0.2) is 0 Å². The Morgan fingerprint density at radius 1 is 1.15 bits per heavy atom.